The third-order valence-electron chi connectivity index (χ3n) is 7.65. The molecule has 0 aliphatic carbocycles. The zero-order valence-corrected chi connectivity index (χ0v) is 25.9. The molecule has 3 N–H and O–H groups in total. The molecule has 1 aliphatic heterocycles. The number of amides is 2. The molecule has 0 spiro atoms. The largest absolute Gasteiger partial charge is 0.395 e. The molecule has 2 aromatic carbocycles. The molecule has 2 unspecified atom stereocenters. The van der Waals surface area contributed by atoms with Crippen molar-refractivity contribution in [2.24, 2.45) is 11.1 Å². The van der Waals surface area contributed by atoms with E-state index in [9.17, 15) is 18.3 Å². The minimum Gasteiger partial charge on any atom is -0.395 e. The molecule has 10 nitrogen and oxygen atoms in total. The van der Waals surface area contributed by atoms with Crippen LogP contribution in [0.15, 0.2) is 66.9 Å². The van der Waals surface area contributed by atoms with Gasteiger partial charge in [-0.05, 0) is 17.4 Å². The monoisotopic (exact) mass is 596 g/mol. The van der Waals surface area contributed by atoms with Crippen LogP contribution < -0.4 is 5.73 Å². The molecule has 2 amide bonds. The zero-order chi connectivity index (χ0) is 30.5. The van der Waals surface area contributed by atoms with Gasteiger partial charge in [-0.25, -0.2) is 18.2 Å². The maximum atomic E-state index is 14.3. The molecule has 228 valence electrons. The summed E-state index contributed by atoms with van der Waals surface area (Å²) in [4.78, 5) is 23.0. The molecule has 1 fully saturated rings. The fourth-order valence-electron chi connectivity index (χ4n) is 5.42. The Morgan fingerprint density at radius 2 is 1.62 bits per heavy atom. The molecule has 3 aromatic rings. The van der Waals surface area contributed by atoms with Gasteiger partial charge in [0.2, 0.25) is 10.0 Å². The van der Waals surface area contributed by atoms with Gasteiger partial charge in [0.05, 0.1) is 24.6 Å². The van der Waals surface area contributed by atoms with Crippen LogP contribution >= 0.6 is 0 Å². The Hall–Kier alpha value is -3.25. The number of hydrogen-bond donors (Lipinski definition) is 2. The smallest absolute Gasteiger partial charge is 0.320 e. The number of nitrogens with two attached hydrogens (primary N) is 1. The first-order chi connectivity index (χ1) is 19.9. The molecule has 11 heteroatoms. The first-order valence-electron chi connectivity index (χ1n) is 14.4. The Morgan fingerprint density at radius 1 is 1.02 bits per heavy atom. The Kier molecular flexibility index (Phi) is 10.1. The van der Waals surface area contributed by atoms with E-state index in [1.54, 1.807) is 4.90 Å². The number of urea groups is 1. The van der Waals surface area contributed by atoms with Gasteiger partial charge < -0.3 is 25.2 Å². The summed E-state index contributed by atoms with van der Waals surface area (Å²) in [6.45, 7) is 8.06. The molecule has 2 heterocycles. The number of hydrogen-bond acceptors (Lipinski definition) is 6. The summed E-state index contributed by atoms with van der Waals surface area (Å²) in [5.74, 6) is 0.755. The lowest BCUT2D eigenvalue weighted by molar-refractivity contribution is 0.0726. The topological polar surface area (TPSA) is 125 Å². The zero-order valence-electron chi connectivity index (χ0n) is 25.1. The van der Waals surface area contributed by atoms with Gasteiger partial charge >= 0.3 is 6.03 Å². The summed E-state index contributed by atoms with van der Waals surface area (Å²) < 4.78 is 27.7. The molecule has 4 rings (SSSR count). The number of aliphatic hydroxyl groups excluding tert-OH is 1. The predicted octanol–water partition coefficient (Wildman–Crippen LogP) is 3.39. The van der Waals surface area contributed by atoms with Crippen LogP contribution in [0.25, 0.3) is 11.3 Å². The quantitative estimate of drug-likeness (QED) is 0.370. The molecular weight excluding hydrogens is 552 g/mol. The highest BCUT2D eigenvalue weighted by atomic mass is 32.2. The lowest BCUT2D eigenvalue weighted by Gasteiger charge is -2.44. The number of piperazine rings is 1. The van der Waals surface area contributed by atoms with Gasteiger partial charge in [-0.2, -0.15) is 4.31 Å². The number of benzene rings is 2. The van der Waals surface area contributed by atoms with Crippen molar-refractivity contribution >= 4 is 16.1 Å². The fourth-order valence-corrected chi connectivity index (χ4v) is 6.25. The number of aromatic nitrogens is 2. The molecule has 0 bridgehead atoms. The van der Waals surface area contributed by atoms with E-state index in [4.69, 9.17) is 10.7 Å². The lowest BCUT2D eigenvalue weighted by Crippen LogP contribution is -2.56. The molecular formula is C31H44N6O4S. The van der Waals surface area contributed by atoms with E-state index in [1.807, 2.05) is 59.6 Å². The van der Waals surface area contributed by atoms with Crippen molar-refractivity contribution in [3.05, 3.63) is 78.2 Å². The second kappa shape index (κ2) is 13.4. The van der Waals surface area contributed by atoms with Crippen molar-refractivity contribution in [2.45, 2.75) is 45.8 Å². The Bertz CT molecular complexity index is 1410. The molecule has 42 heavy (non-hydrogen) atoms. The van der Waals surface area contributed by atoms with E-state index in [0.717, 1.165) is 22.6 Å². The average Bonchev–Trinajstić information content (AvgIpc) is 3.37. The van der Waals surface area contributed by atoms with Crippen molar-refractivity contribution in [1.29, 1.82) is 0 Å². The average molecular weight is 597 g/mol. The highest BCUT2D eigenvalue weighted by molar-refractivity contribution is 7.88. The SMILES string of the molecule is CC(C)(C)C(c1nc(-c2ccccc2)cn1Cc1ccccc1)N(CCC(N)CO)C(=O)N1CCN(S(C)(=O)=O)CC1. The van der Waals surface area contributed by atoms with Gasteiger partial charge in [-0.3, -0.25) is 0 Å². The summed E-state index contributed by atoms with van der Waals surface area (Å²) in [6.07, 6.45) is 3.64. The van der Waals surface area contributed by atoms with Crippen LogP contribution in [0.2, 0.25) is 0 Å². The first kappa shape index (κ1) is 31.7. The standard InChI is InChI=1S/C31H44N6O4S/c1-31(2,3)28(37(16-15-26(32)23-38)30(39)34-17-19-36(20-18-34)42(4,40)41)29-33-27(25-13-9-6-10-14-25)22-35(29)21-24-11-7-5-8-12-24/h5-14,22,26,28,38H,15-21,23,32H2,1-4H3. The Morgan fingerprint density at radius 3 is 2.17 bits per heavy atom. The molecule has 1 aromatic heterocycles. The molecule has 0 saturated carbocycles. The first-order valence-corrected chi connectivity index (χ1v) is 16.3. The van der Waals surface area contributed by atoms with E-state index in [2.05, 4.69) is 37.5 Å². The molecule has 1 saturated heterocycles. The number of sulfonamides is 1. The van der Waals surface area contributed by atoms with Gasteiger partial charge in [0.25, 0.3) is 0 Å². The minimum atomic E-state index is -3.34. The summed E-state index contributed by atoms with van der Waals surface area (Å²) in [7, 11) is -3.34. The maximum absolute atomic E-state index is 14.3. The number of carbonyl (C=O) groups excluding carboxylic acids is 1. The predicted molar refractivity (Wildman–Crippen MR) is 165 cm³/mol. The van der Waals surface area contributed by atoms with Crippen LogP contribution in [0.5, 0.6) is 0 Å². The maximum Gasteiger partial charge on any atom is 0.320 e. The van der Waals surface area contributed by atoms with Crippen molar-refractivity contribution in [1.82, 2.24) is 23.7 Å². The summed E-state index contributed by atoms with van der Waals surface area (Å²) in [6, 6.07) is 19.0. The van der Waals surface area contributed by atoms with Crippen LogP contribution in [-0.2, 0) is 16.6 Å². The number of carbonyl (C=O) groups is 1. The van der Waals surface area contributed by atoms with Crippen molar-refractivity contribution in [3.63, 3.8) is 0 Å². The van der Waals surface area contributed by atoms with E-state index in [-0.39, 0.29) is 25.7 Å². The number of rotatable bonds is 10. The summed E-state index contributed by atoms with van der Waals surface area (Å²) >= 11 is 0. The minimum absolute atomic E-state index is 0.184. The summed E-state index contributed by atoms with van der Waals surface area (Å²) in [5.41, 5.74) is 8.61. The third-order valence-corrected chi connectivity index (χ3v) is 8.95. The highest BCUT2D eigenvalue weighted by Crippen LogP contribution is 2.40. The molecule has 2 atom stereocenters. The van der Waals surface area contributed by atoms with E-state index >= 15 is 0 Å². The number of aliphatic hydroxyl groups is 1. The second-order valence-corrected chi connectivity index (χ2v) is 14.1. The van der Waals surface area contributed by atoms with Crippen LogP contribution in [-0.4, -0.2) is 94.8 Å². The van der Waals surface area contributed by atoms with E-state index < -0.39 is 27.5 Å². The molecule has 1 aliphatic rings. The highest BCUT2D eigenvalue weighted by Gasteiger charge is 2.40. The van der Waals surface area contributed by atoms with Crippen molar-refractivity contribution in [3.8, 4) is 11.3 Å². The normalized spacial score (nSPS) is 16.3. The Balaban J connectivity index is 1.78. The third kappa shape index (κ3) is 7.77. The van der Waals surface area contributed by atoms with Gasteiger partial charge in [0, 0.05) is 57.1 Å². The van der Waals surface area contributed by atoms with Gasteiger partial charge in [-0.15, -0.1) is 0 Å². The second-order valence-electron chi connectivity index (χ2n) is 12.1. The van der Waals surface area contributed by atoms with Gasteiger partial charge in [-0.1, -0.05) is 81.4 Å². The number of imidazole rings is 1. The van der Waals surface area contributed by atoms with Crippen molar-refractivity contribution in [2.75, 3.05) is 45.6 Å². The van der Waals surface area contributed by atoms with Gasteiger partial charge in [0.1, 0.15) is 5.82 Å². The summed E-state index contributed by atoms with van der Waals surface area (Å²) in [5, 5.41) is 9.68. The van der Waals surface area contributed by atoms with Gasteiger partial charge in [0.15, 0.2) is 0 Å². The molecule has 0 radical (unpaired) electrons. The van der Waals surface area contributed by atoms with E-state index in [1.165, 1.54) is 10.6 Å². The van der Waals surface area contributed by atoms with Crippen LogP contribution in [0.4, 0.5) is 4.79 Å². The van der Waals surface area contributed by atoms with Crippen molar-refractivity contribution < 1.29 is 18.3 Å². The van der Waals surface area contributed by atoms with Crippen LogP contribution in [0, 0.1) is 5.41 Å². The van der Waals surface area contributed by atoms with E-state index in [0.29, 0.717) is 32.6 Å². The number of nitrogens with zero attached hydrogens (tertiary/aromatic N) is 5. The van der Waals surface area contributed by atoms with Crippen LogP contribution in [0.3, 0.4) is 0 Å². The lowest BCUT2D eigenvalue weighted by atomic mass is 9.84. The van der Waals surface area contributed by atoms with Crippen LogP contribution in [0.1, 0.15) is 44.6 Å². The Labute approximate surface area is 249 Å². The fraction of sp³-hybridized carbons (Fsp3) is 0.484.